The van der Waals surface area contributed by atoms with E-state index < -0.39 is 0 Å². The molecular weight excluding hydrogens is 364 g/mol. The second kappa shape index (κ2) is 21.9. The van der Waals surface area contributed by atoms with Gasteiger partial charge in [0.15, 0.2) is 0 Å². The van der Waals surface area contributed by atoms with Crippen LogP contribution in [0, 0.1) is 0 Å². The Morgan fingerprint density at radius 1 is 0.750 bits per heavy atom. The summed E-state index contributed by atoms with van der Waals surface area (Å²) in [6.45, 7) is 13.3. The van der Waals surface area contributed by atoms with E-state index in [2.05, 4.69) is 37.9 Å². The van der Waals surface area contributed by atoms with Gasteiger partial charge in [-0.25, -0.2) is 0 Å². The zero-order valence-corrected chi connectivity index (χ0v) is 20.5. The van der Waals surface area contributed by atoms with Crippen LogP contribution in [-0.4, -0.2) is 53.4 Å². The summed E-state index contributed by atoms with van der Waals surface area (Å²) in [5.74, 6) is 1.08. The molecule has 0 heterocycles. The van der Waals surface area contributed by atoms with Crippen LogP contribution >= 0.6 is 11.8 Å². The van der Waals surface area contributed by atoms with Crippen molar-refractivity contribution in [3.05, 3.63) is 0 Å². The lowest BCUT2D eigenvalue weighted by molar-refractivity contribution is 0.111. The van der Waals surface area contributed by atoms with Crippen molar-refractivity contribution in [1.29, 1.82) is 0 Å². The molecule has 1 atom stereocenters. The van der Waals surface area contributed by atoms with E-state index in [1.165, 1.54) is 90.1 Å². The molecular formula is C24H52N2OS. The molecule has 0 aromatic rings. The molecule has 0 aliphatic rings. The number of aliphatic hydroxyl groups is 1. The highest BCUT2D eigenvalue weighted by atomic mass is 32.2. The molecule has 0 aliphatic heterocycles. The Morgan fingerprint density at radius 3 is 1.82 bits per heavy atom. The molecule has 1 unspecified atom stereocenters. The van der Waals surface area contributed by atoms with Gasteiger partial charge in [0.1, 0.15) is 6.23 Å². The van der Waals surface area contributed by atoms with E-state index in [-0.39, 0.29) is 6.23 Å². The van der Waals surface area contributed by atoms with Gasteiger partial charge in [0, 0.05) is 18.8 Å². The van der Waals surface area contributed by atoms with E-state index in [1.54, 1.807) is 0 Å². The zero-order chi connectivity index (χ0) is 20.9. The first-order valence-electron chi connectivity index (χ1n) is 12.4. The lowest BCUT2D eigenvalue weighted by atomic mass is 10.1. The van der Waals surface area contributed by atoms with Gasteiger partial charge in [0.05, 0.1) is 0 Å². The van der Waals surface area contributed by atoms with E-state index >= 15 is 0 Å². The predicted octanol–water partition coefficient (Wildman–Crippen LogP) is 6.45. The fraction of sp³-hybridized carbons (Fsp3) is 1.00. The molecule has 0 amide bonds. The number of nitrogens with one attached hydrogen (secondary N) is 1. The number of nitrogens with zero attached hydrogens (tertiary/aromatic N) is 1. The highest BCUT2D eigenvalue weighted by molar-refractivity contribution is 7.99. The van der Waals surface area contributed by atoms with Crippen LogP contribution in [0.5, 0.6) is 0 Å². The first kappa shape index (κ1) is 28.2. The average molecular weight is 417 g/mol. The molecule has 3 nitrogen and oxygen atoms in total. The quantitative estimate of drug-likeness (QED) is 0.157. The third-order valence-electron chi connectivity index (χ3n) is 5.31. The smallest absolute Gasteiger partial charge is 0.106 e. The van der Waals surface area contributed by atoms with Crippen molar-refractivity contribution < 1.29 is 5.11 Å². The summed E-state index contributed by atoms with van der Waals surface area (Å²) in [7, 11) is 0. The van der Waals surface area contributed by atoms with Gasteiger partial charge in [-0.1, -0.05) is 91.9 Å². The Kier molecular flexibility index (Phi) is 22.1. The fourth-order valence-corrected chi connectivity index (χ4v) is 4.20. The number of hydrogen-bond donors (Lipinski definition) is 2. The molecule has 0 spiro atoms. The summed E-state index contributed by atoms with van der Waals surface area (Å²) in [6, 6.07) is 0. The van der Waals surface area contributed by atoms with Crippen LogP contribution in [0.2, 0.25) is 0 Å². The monoisotopic (exact) mass is 416 g/mol. The molecule has 0 fully saturated rings. The van der Waals surface area contributed by atoms with Crippen molar-refractivity contribution in [2.75, 3.05) is 31.9 Å². The Balaban J connectivity index is 3.83. The third kappa shape index (κ3) is 21.0. The van der Waals surface area contributed by atoms with Crippen molar-refractivity contribution in [3.63, 3.8) is 0 Å². The number of aliphatic hydroxyl groups excluding tert-OH is 1. The summed E-state index contributed by atoms with van der Waals surface area (Å²) >= 11 is 1.95. The molecule has 2 N–H and O–H groups in total. The van der Waals surface area contributed by atoms with Crippen LogP contribution in [0.25, 0.3) is 0 Å². The van der Waals surface area contributed by atoms with Crippen LogP contribution in [0.3, 0.4) is 0 Å². The molecule has 0 rings (SSSR count). The zero-order valence-electron chi connectivity index (χ0n) is 19.7. The van der Waals surface area contributed by atoms with E-state index in [1.807, 2.05) is 11.8 Å². The van der Waals surface area contributed by atoms with Gasteiger partial charge in [-0.05, 0) is 37.6 Å². The molecule has 4 heteroatoms. The first-order chi connectivity index (χ1) is 13.6. The lowest BCUT2D eigenvalue weighted by Crippen LogP contribution is -2.36. The SMILES string of the molecule is CCCCCCCCCCCN(CCCCC)CCC(O)NCCSC(C)C. The van der Waals surface area contributed by atoms with E-state index in [0.717, 1.165) is 25.3 Å². The largest absolute Gasteiger partial charge is 0.379 e. The molecule has 0 radical (unpaired) electrons. The average Bonchev–Trinajstić information content (AvgIpc) is 2.67. The fourth-order valence-electron chi connectivity index (χ4n) is 3.49. The van der Waals surface area contributed by atoms with Crippen molar-refractivity contribution in [2.24, 2.45) is 0 Å². The summed E-state index contributed by atoms with van der Waals surface area (Å²) in [6.07, 6.45) is 16.9. The lowest BCUT2D eigenvalue weighted by Gasteiger charge is -2.24. The van der Waals surface area contributed by atoms with Gasteiger partial charge in [-0.3, -0.25) is 5.32 Å². The Labute approximate surface area is 181 Å². The molecule has 0 aromatic heterocycles. The van der Waals surface area contributed by atoms with Crippen LogP contribution in [0.15, 0.2) is 0 Å². The molecule has 28 heavy (non-hydrogen) atoms. The maximum absolute atomic E-state index is 10.2. The van der Waals surface area contributed by atoms with Crippen molar-refractivity contribution in [3.8, 4) is 0 Å². The van der Waals surface area contributed by atoms with E-state index in [0.29, 0.717) is 5.25 Å². The number of hydrogen-bond acceptors (Lipinski definition) is 4. The van der Waals surface area contributed by atoms with E-state index in [4.69, 9.17) is 0 Å². The van der Waals surface area contributed by atoms with Crippen LogP contribution < -0.4 is 5.32 Å². The van der Waals surface area contributed by atoms with Crippen LogP contribution in [-0.2, 0) is 0 Å². The molecule has 0 bridgehead atoms. The Bertz CT molecular complexity index is 302. The second-order valence-corrected chi connectivity index (χ2v) is 10.2. The number of rotatable bonds is 22. The summed E-state index contributed by atoms with van der Waals surface area (Å²) in [4.78, 5) is 2.59. The van der Waals surface area contributed by atoms with Crippen molar-refractivity contribution in [1.82, 2.24) is 10.2 Å². The van der Waals surface area contributed by atoms with Gasteiger partial charge >= 0.3 is 0 Å². The predicted molar refractivity (Wildman–Crippen MR) is 129 cm³/mol. The number of unbranched alkanes of at least 4 members (excludes halogenated alkanes) is 10. The van der Waals surface area contributed by atoms with Gasteiger partial charge in [-0.2, -0.15) is 11.8 Å². The molecule has 0 aliphatic carbocycles. The molecule has 0 saturated carbocycles. The minimum atomic E-state index is -0.357. The second-order valence-electron chi connectivity index (χ2n) is 8.56. The van der Waals surface area contributed by atoms with Gasteiger partial charge in [0.25, 0.3) is 0 Å². The Hall–Kier alpha value is 0.230. The summed E-state index contributed by atoms with van der Waals surface area (Å²) in [5.41, 5.74) is 0. The highest BCUT2D eigenvalue weighted by Gasteiger charge is 2.09. The molecule has 0 aromatic carbocycles. The van der Waals surface area contributed by atoms with Gasteiger partial charge < -0.3 is 10.0 Å². The Morgan fingerprint density at radius 2 is 1.25 bits per heavy atom. The maximum Gasteiger partial charge on any atom is 0.106 e. The van der Waals surface area contributed by atoms with Crippen molar-refractivity contribution >= 4 is 11.8 Å². The highest BCUT2D eigenvalue weighted by Crippen LogP contribution is 2.11. The summed E-state index contributed by atoms with van der Waals surface area (Å²) in [5, 5.41) is 14.2. The standard InChI is InChI=1S/C24H52N2OS/c1-5-7-9-10-11-12-13-14-16-20-26(19-15-8-6-2)21-17-24(27)25-18-22-28-23(3)4/h23-25,27H,5-22H2,1-4H3. The van der Waals surface area contributed by atoms with Gasteiger partial charge in [-0.15, -0.1) is 0 Å². The minimum absolute atomic E-state index is 0.357. The maximum atomic E-state index is 10.2. The molecule has 170 valence electrons. The van der Waals surface area contributed by atoms with Gasteiger partial charge in [0.2, 0.25) is 0 Å². The minimum Gasteiger partial charge on any atom is -0.379 e. The molecule has 0 saturated heterocycles. The number of thioether (sulfide) groups is 1. The summed E-state index contributed by atoms with van der Waals surface area (Å²) < 4.78 is 0. The topological polar surface area (TPSA) is 35.5 Å². The van der Waals surface area contributed by atoms with E-state index in [9.17, 15) is 5.11 Å². The van der Waals surface area contributed by atoms with Crippen LogP contribution in [0.4, 0.5) is 0 Å². The normalized spacial score (nSPS) is 13.0. The van der Waals surface area contributed by atoms with Crippen molar-refractivity contribution in [2.45, 2.75) is 123 Å². The first-order valence-corrected chi connectivity index (χ1v) is 13.4. The third-order valence-corrected chi connectivity index (χ3v) is 6.41. The van der Waals surface area contributed by atoms with Crippen LogP contribution in [0.1, 0.15) is 111 Å².